The number of thioether (sulfide) groups is 1. The highest BCUT2D eigenvalue weighted by molar-refractivity contribution is 7.98. The van der Waals surface area contributed by atoms with E-state index in [1.165, 1.54) is 16.7 Å². The van der Waals surface area contributed by atoms with E-state index in [1.807, 2.05) is 0 Å². The maximum absolute atomic E-state index is 6.10. The summed E-state index contributed by atoms with van der Waals surface area (Å²) in [5.41, 5.74) is 3.75. The molecule has 5 heteroatoms. The van der Waals surface area contributed by atoms with Gasteiger partial charge in [0, 0.05) is 5.75 Å². The van der Waals surface area contributed by atoms with Crippen LogP contribution in [0, 0.1) is 13.8 Å². The first kappa shape index (κ1) is 15.0. The molecule has 2 rings (SSSR count). The number of pyridine rings is 1. The first-order valence-corrected chi connectivity index (χ1v) is 7.79. The Morgan fingerprint density at radius 1 is 0.947 bits per heavy atom. The molecule has 0 saturated carbocycles. The van der Waals surface area contributed by atoms with E-state index in [4.69, 9.17) is 34.8 Å². The van der Waals surface area contributed by atoms with Crippen molar-refractivity contribution in [1.82, 2.24) is 4.98 Å². The van der Waals surface area contributed by atoms with E-state index in [0.29, 0.717) is 15.1 Å². The van der Waals surface area contributed by atoms with E-state index in [2.05, 4.69) is 37.0 Å². The molecule has 0 unspecified atom stereocenters. The SMILES string of the molecule is Cc1cc(C)cc(CSc2nc(Cl)c(Cl)cc2Cl)c1. The Balaban J connectivity index is 2.16. The van der Waals surface area contributed by atoms with Gasteiger partial charge in [-0.25, -0.2) is 4.98 Å². The zero-order chi connectivity index (χ0) is 14.0. The van der Waals surface area contributed by atoms with Crippen molar-refractivity contribution in [3.63, 3.8) is 0 Å². The summed E-state index contributed by atoms with van der Waals surface area (Å²) < 4.78 is 0. The van der Waals surface area contributed by atoms with Crippen molar-refractivity contribution in [1.29, 1.82) is 0 Å². The fourth-order valence-corrected chi connectivity index (χ4v) is 3.37. The average molecular weight is 333 g/mol. The van der Waals surface area contributed by atoms with E-state index in [-0.39, 0.29) is 5.15 Å². The van der Waals surface area contributed by atoms with E-state index in [1.54, 1.807) is 17.8 Å². The molecular formula is C14H12Cl3NS. The Hall–Kier alpha value is -0.410. The molecule has 19 heavy (non-hydrogen) atoms. The zero-order valence-electron chi connectivity index (χ0n) is 10.5. The summed E-state index contributed by atoms with van der Waals surface area (Å²) >= 11 is 19.4. The lowest BCUT2D eigenvalue weighted by Crippen LogP contribution is -1.88. The lowest BCUT2D eigenvalue weighted by Gasteiger charge is -2.07. The Morgan fingerprint density at radius 3 is 2.21 bits per heavy atom. The zero-order valence-corrected chi connectivity index (χ0v) is 13.6. The van der Waals surface area contributed by atoms with E-state index < -0.39 is 0 Å². The monoisotopic (exact) mass is 331 g/mol. The minimum absolute atomic E-state index is 0.286. The first-order chi connectivity index (χ1) is 8.95. The van der Waals surface area contributed by atoms with Crippen molar-refractivity contribution >= 4 is 46.6 Å². The largest absolute Gasteiger partial charge is 0.227 e. The molecule has 0 aliphatic heterocycles. The second-order valence-corrected chi connectivity index (χ2v) is 6.47. The smallest absolute Gasteiger partial charge is 0.149 e. The topological polar surface area (TPSA) is 12.9 Å². The molecule has 0 aliphatic carbocycles. The molecule has 0 atom stereocenters. The van der Waals surface area contributed by atoms with Crippen molar-refractivity contribution in [2.24, 2.45) is 0 Å². The first-order valence-electron chi connectivity index (χ1n) is 5.67. The van der Waals surface area contributed by atoms with Gasteiger partial charge in [0.1, 0.15) is 10.2 Å². The quantitative estimate of drug-likeness (QED) is 0.509. The Morgan fingerprint density at radius 2 is 1.58 bits per heavy atom. The fraction of sp³-hybridized carbons (Fsp3) is 0.214. The number of nitrogens with zero attached hydrogens (tertiary/aromatic N) is 1. The number of rotatable bonds is 3. The molecule has 0 radical (unpaired) electrons. The summed E-state index contributed by atoms with van der Waals surface area (Å²) in [6, 6.07) is 8.09. The van der Waals surface area contributed by atoms with Gasteiger partial charge in [0.25, 0.3) is 0 Å². The van der Waals surface area contributed by atoms with Crippen molar-refractivity contribution < 1.29 is 0 Å². The van der Waals surface area contributed by atoms with Crippen LogP contribution in [0.15, 0.2) is 29.3 Å². The van der Waals surface area contributed by atoms with Gasteiger partial charge in [0.15, 0.2) is 0 Å². The number of hydrogen-bond donors (Lipinski definition) is 0. The van der Waals surface area contributed by atoms with Gasteiger partial charge in [-0.1, -0.05) is 64.1 Å². The highest BCUT2D eigenvalue weighted by Crippen LogP contribution is 2.33. The van der Waals surface area contributed by atoms with Crippen LogP contribution in [0.2, 0.25) is 15.2 Å². The number of benzene rings is 1. The Kier molecular flexibility index (Phi) is 5.02. The van der Waals surface area contributed by atoms with E-state index in [0.717, 1.165) is 5.75 Å². The highest BCUT2D eigenvalue weighted by atomic mass is 35.5. The van der Waals surface area contributed by atoms with Crippen molar-refractivity contribution in [3.8, 4) is 0 Å². The van der Waals surface area contributed by atoms with Gasteiger partial charge in [0.05, 0.1) is 10.0 Å². The summed E-state index contributed by atoms with van der Waals surface area (Å²) in [7, 11) is 0. The average Bonchev–Trinajstić information content (AvgIpc) is 2.31. The fourth-order valence-electron chi connectivity index (χ4n) is 1.83. The van der Waals surface area contributed by atoms with E-state index >= 15 is 0 Å². The lowest BCUT2D eigenvalue weighted by atomic mass is 10.1. The van der Waals surface area contributed by atoms with Gasteiger partial charge in [-0.15, -0.1) is 11.8 Å². The molecule has 1 aromatic heterocycles. The van der Waals surface area contributed by atoms with Crippen molar-refractivity contribution in [3.05, 3.63) is 56.2 Å². The number of aromatic nitrogens is 1. The van der Waals surface area contributed by atoms with Crippen molar-refractivity contribution in [2.75, 3.05) is 0 Å². The predicted octanol–water partition coefficient (Wildman–Crippen LogP) is 5.95. The van der Waals surface area contributed by atoms with Crippen LogP contribution in [-0.2, 0) is 5.75 Å². The van der Waals surface area contributed by atoms with Gasteiger partial charge in [-0.3, -0.25) is 0 Å². The van der Waals surface area contributed by atoms with Crippen LogP contribution in [0.3, 0.4) is 0 Å². The van der Waals surface area contributed by atoms with Crippen LogP contribution in [0.5, 0.6) is 0 Å². The molecule has 0 N–H and O–H groups in total. The molecule has 0 bridgehead atoms. The van der Waals surface area contributed by atoms with Crippen molar-refractivity contribution in [2.45, 2.75) is 24.6 Å². The van der Waals surface area contributed by atoms with Gasteiger partial charge in [-0.2, -0.15) is 0 Å². The molecule has 1 aromatic carbocycles. The molecular weight excluding hydrogens is 321 g/mol. The summed E-state index contributed by atoms with van der Waals surface area (Å²) in [6.07, 6.45) is 0. The summed E-state index contributed by atoms with van der Waals surface area (Å²) in [6.45, 7) is 4.18. The maximum atomic E-state index is 6.10. The molecule has 0 aliphatic rings. The van der Waals surface area contributed by atoms with Gasteiger partial charge in [-0.05, 0) is 25.5 Å². The standard InChI is InChI=1S/C14H12Cl3NS/c1-8-3-9(2)5-10(4-8)7-19-14-12(16)6-11(15)13(17)18-14/h3-6H,7H2,1-2H3. The number of hydrogen-bond acceptors (Lipinski definition) is 2. The van der Waals surface area contributed by atoms with Crippen LogP contribution in [-0.4, -0.2) is 4.98 Å². The molecule has 0 amide bonds. The van der Waals surface area contributed by atoms with Crippen LogP contribution in [0.4, 0.5) is 0 Å². The van der Waals surface area contributed by atoms with Crippen LogP contribution in [0.25, 0.3) is 0 Å². The van der Waals surface area contributed by atoms with Gasteiger partial charge < -0.3 is 0 Å². The molecule has 2 aromatic rings. The second-order valence-electron chi connectivity index (χ2n) is 4.33. The normalized spacial score (nSPS) is 10.8. The van der Waals surface area contributed by atoms with Crippen LogP contribution < -0.4 is 0 Å². The molecule has 100 valence electrons. The predicted molar refractivity (Wildman–Crippen MR) is 84.7 cm³/mol. The highest BCUT2D eigenvalue weighted by Gasteiger charge is 2.09. The third-order valence-corrected chi connectivity index (χ3v) is 4.65. The summed E-state index contributed by atoms with van der Waals surface area (Å²) in [5, 5.41) is 1.90. The third kappa shape index (κ3) is 4.03. The molecule has 0 spiro atoms. The minimum Gasteiger partial charge on any atom is -0.227 e. The summed E-state index contributed by atoms with van der Waals surface area (Å²) in [4.78, 5) is 4.20. The van der Waals surface area contributed by atoms with Crippen LogP contribution >= 0.6 is 46.6 Å². The molecule has 1 heterocycles. The molecule has 0 saturated heterocycles. The van der Waals surface area contributed by atoms with E-state index in [9.17, 15) is 0 Å². The molecule has 1 nitrogen and oxygen atoms in total. The Labute approximate surface area is 132 Å². The second kappa shape index (κ2) is 6.36. The minimum atomic E-state index is 0.286. The number of halogens is 3. The molecule has 0 fully saturated rings. The lowest BCUT2D eigenvalue weighted by molar-refractivity contribution is 1.13. The van der Waals surface area contributed by atoms with Gasteiger partial charge >= 0.3 is 0 Å². The third-order valence-electron chi connectivity index (χ3n) is 2.51. The van der Waals surface area contributed by atoms with Crippen LogP contribution in [0.1, 0.15) is 16.7 Å². The summed E-state index contributed by atoms with van der Waals surface area (Å²) in [5.74, 6) is 0.799. The maximum Gasteiger partial charge on any atom is 0.149 e. The number of aryl methyl sites for hydroxylation is 2. The Bertz CT molecular complexity index is 594. The van der Waals surface area contributed by atoms with Gasteiger partial charge in [0.2, 0.25) is 0 Å².